The number of aryl methyl sites for hydroxylation is 1. The normalized spacial score (nSPS) is 20.7. The van der Waals surface area contributed by atoms with Crippen molar-refractivity contribution in [2.24, 2.45) is 0 Å². The second-order valence-corrected chi connectivity index (χ2v) is 5.70. The first-order valence-corrected chi connectivity index (χ1v) is 7.65. The quantitative estimate of drug-likeness (QED) is 0.840. The number of anilines is 1. The summed E-state index contributed by atoms with van der Waals surface area (Å²) in [5.74, 6) is 0.407. The number of aliphatic hydroxyl groups is 1. The average Bonchev–Trinajstić information content (AvgIpc) is 2.56. The van der Waals surface area contributed by atoms with Gasteiger partial charge in [-0.25, -0.2) is 9.97 Å². The zero-order valence-corrected chi connectivity index (χ0v) is 13.2. The van der Waals surface area contributed by atoms with Gasteiger partial charge in [0.1, 0.15) is 5.76 Å². The Morgan fingerprint density at radius 2 is 2.12 bits per heavy atom. The number of rotatable bonds is 3. The van der Waals surface area contributed by atoms with Crippen LogP contribution >= 0.6 is 0 Å². The van der Waals surface area contributed by atoms with E-state index in [1.807, 2.05) is 0 Å². The second kappa shape index (κ2) is 6.79. The highest BCUT2D eigenvalue weighted by molar-refractivity contribution is 5.91. The molecule has 0 saturated carbocycles. The molecule has 0 radical (unpaired) electrons. The molecule has 3 rings (SSSR count). The third-order valence-electron chi connectivity index (χ3n) is 3.85. The molecule has 1 fully saturated rings. The minimum absolute atomic E-state index is 0.00926. The van der Waals surface area contributed by atoms with Gasteiger partial charge < -0.3 is 19.7 Å². The summed E-state index contributed by atoms with van der Waals surface area (Å²) in [6.45, 7) is 2.18. The van der Waals surface area contributed by atoms with Crippen molar-refractivity contribution >= 4 is 11.9 Å². The van der Waals surface area contributed by atoms with Crippen molar-refractivity contribution in [1.82, 2.24) is 14.9 Å². The van der Waals surface area contributed by atoms with Crippen LogP contribution in [0.1, 0.15) is 22.7 Å². The Hall–Kier alpha value is -2.74. The number of hydrogen-bond acceptors (Lipinski definition) is 7. The third-order valence-corrected chi connectivity index (χ3v) is 3.85. The molecule has 2 aromatic rings. The summed E-state index contributed by atoms with van der Waals surface area (Å²) in [6.07, 6.45) is 2.98. The molecule has 0 aromatic carbocycles. The van der Waals surface area contributed by atoms with E-state index in [0.29, 0.717) is 24.7 Å². The molecule has 3 heterocycles. The molecule has 0 aliphatic carbocycles. The van der Waals surface area contributed by atoms with Crippen LogP contribution in [0.3, 0.4) is 0 Å². The molecule has 1 aliphatic rings. The summed E-state index contributed by atoms with van der Waals surface area (Å²) >= 11 is 0. The number of piperidine rings is 1. The fourth-order valence-electron chi connectivity index (χ4n) is 2.69. The van der Waals surface area contributed by atoms with Crippen LogP contribution in [0.2, 0.25) is 0 Å². The number of β-amino-alcohol motifs (C(OH)–C–C–N with tert-alkyl or cyclic N) is 1. The zero-order valence-electron chi connectivity index (χ0n) is 13.2. The number of hydrogen-bond donors (Lipinski definition) is 2. The molecule has 0 spiro atoms. The summed E-state index contributed by atoms with van der Waals surface area (Å²) in [5.41, 5.74) is -0.277. The first-order chi connectivity index (χ1) is 11.5. The largest absolute Gasteiger partial charge is 0.456 e. The van der Waals surface area contributed by atoms with E-state index >= 15 is 0 Å². The van der Waals surface area contributed by atoms with E-state index in [0.717, 1.165) is 0 Å². The van der Waals surface area contributed by atoms with Crippen molar-refractivity contribution in [2.75, 3.05) is 18.4 Å². The van der Waals surface area contributed by atoms with Gasteiger partial charge in [0.25, 0.3) is 5.91 Å². The molecule has 2 N–H and O–H groups in total. The Bertz CT molecular complexity index is 777. The highest BCUT2D eigenvalue weighted by atomic mass is 16.3. The molecule has 1 amide bonds. The molecule has 8 nitrogen and oxygen atoms in total. The van der Waals surface area contributed by atoms with Gasteiger partial charge in [0, 0.05) is 37.6 Å². The Labute approximate surface area is 138 Å². The van der Waals surface area contributed by atoms with Crippen molar-refractivity contribution < 1.29 is 14.3 Å². The lowest BCUT2D eigenvalue weighted by molar-refractivity contribution is 0.0399. The van der Waals surface area contributed by atoms with Crippen LogP contribution in [0.25, 0.3) is 0 Å². The van der Waals surface area contributed by atoms with Gasteiger partial charge in [-0.15, -0.1) is 0 Å². The zero-order chi connectivity index (χ0) is 17.1. The van der Waals surface area contributed by atoms with E-state index in [1.165, 1.54) is 17.0 Å². The smallest absolute Gasteiger partial charge is 0.289 e. The van der Waals surface area contributed by atoms with E-state index in [1.54, 1.807) is 25.4 Å². The molecule has 0 bridgehead atoms. The fraction of sp³-hybridized carbons (Fsp3) is 0.375. The predicted molar refractivity (Wildman–Crippen MR) is 85.7 cm³/mol. The molecular formula is C16H18N4O4. The van der Waals surface area contributed by atoms with Gasteiger partial charge in [0.15, 0.2) is 11.2 Å². The number of amides is 1. The van der Waals surface area contributed by atoms with Gasteiger partial charge in [-0.3, -0.25) is 9.59 Å². The summed E-state index contributed by atoms with van der Waals surface area (Å²) < 4.78 is 5.32. The molecule has 8 heteroatoms. The van der Waals surface area contributed by atoms with Crippen molar-refractivity contribution in [3.63, 3.8) is 0 Å². The summed E-state index contributed by atoms with van der Waals surface area (Å²) in [6, 6.07) is 3.95. The Morgan fingerprint density at radius 3 is 2.79 bits per heavy atom. The van der Waals surface area contributed by atoms with Gasteiger partial charge in [0.05, 0.1) is 12.1 Å². The van der Waals surface area contributed by atoms with Gasteiger partial charge in [-0.2, -0.15) is 0 Å². The number of nitrogens with one attached hydrogen (secondary N) is 1. The number of aliphatic hydroxyl groups excluding tert-OH is 1. The average molecular weight is 330 g/mol. The minimum Gasteiger partial charge on any atom is -0.456 e. The van der Waals surface area contributed by atoms with Crippen molar-refractivity contribution in [3.8, 4) is 0 Å². The van der Waals surface area contributed by atoms with E-state index in [2.05, 4.69) is 15.3 Å². The highest BCUT2D eigenvalue weighted by Gasteiger charge is 2.32. The Morgan fingerprint density at radius 1 is 1.38 bits per heavy atom. The minimum atomic E-state index is -0.775. The summed E-state index contributed by atoms with van der Waals surface area (Å²) in [4.78, 5) is 33.6. The molecule has 1 saturated heterocycles. The molecule has 0 unspecified atom stereocenters. The number of aromatic nitrogens is 2. The Kier molecular flexibility index (Phi) is 4.57. The lowest BCUT2D eigenvalue weighted by Crippen LogP contribution is -2.51. The lowest BCUT2D eigenvalue weighted by Gasteiger charge is -2.35. The van der Waals surface area contributed by atoms with Crippen molar-refractivity contribution in [3.05, 3.63) is 52.3 Å². The van der Waals surface area contributed by atoms with Gasteiger partial charge >= 0.3 is 0 Å². The maximum Gasteiger partial charge on any atom is 0.289 e. The highest BCUT2D eigenvalue weighted by Crippen LogP contribution is 2.17. The first-order valence-electron chi connectivity index (χ1n) is 7.65. The molecule has 2 atom stereocenters. The van der Waals surface area contributed by atoms with Crippen LogP contribution in [0.15, 0.2) is 39.8 Å². The monoisotopic (exact) mass is 330 g/mol. The summed E-state index contributed by atoms with van der Waals surface area (Å²) in [7, 11) is 0. The van der Waals surface area contributed by atoms with Crippen LogP contribution in [0, 0.1) is 6.92 Å². The van der Waals surface area contributed by atoms with E-state index < -0.39 is 12.0 Å². The van der Waals surface area contributed by atoms with Crippen molar-refractivity contribution in [1.29, 1.82) is 0 Å². The third kappa shape index (κ3) is 3.60. The predicted octanol–water partition coefficient (Wildman–Crippen LogP) is 0.426. The lowest BCUT2D eigenvalue weighted by atomic mass is 10.0. The van der Waals surface area contributed by atoms with Gasteiger partial charge in [0.2, 0.25) is 5.95 Å². The Balaban J connectivity index is 1.66. The maximum absolute atomic E-state index is 12.5. The molecule has 24 heavy (non-hydrogen) atoms. The molecular weight excluding hydrogens is 312 g/mol. The fourth-order valence-corrected chi connectivity index (χ4v) is 2.69. The standard InChI is InChI=1S/C16H18N4O4/c1-10-7-11(21)8-14(24-10)15(23)20-6-3-12(13(22)9-20)19-16-17-4-2-5-18-16/h2,4-5,7-8,12-13,22H,3,6,9H2,1H3,(H,17,18,19)/t12-,13-/m1/s1. The van der Waals surface area contributed by atoms with Gasteiger partial charge in [-0.1, -0.05) is 0 Å². The number of nitrogens with zero attached hydrogens (tertiary/aromatic N) is 3. The topological polar surface area (TPSA) is 109 Å². The van der Waals surface area contributed by atoms with E-state index in [9.17, 15) is 14.7 Å². The maximum atomic E-state index is 12.5. The van der Waals surface area contributed by atoms with E-state index in [-0.39, 0.29) is 23.8 Å². The van der Waals surface area contributed by atoms with Gasteiger partial charge in [-0.05, 0) is 19.4 Å². The molecule has 126 valence electrons. The summed E-state index contributed by atoms with van der Waals surface area (Å²) in [5, 5.41) is 13.4. The van der Waals surface area contributed by atoms with E-state index in [4.69, 9.17) is 4.42 Å². The number of carbonyl (C=O) groups excluding carboxylic acids is 1. The van der Waals surface area contributed by atoms with Crippen LogP contribution < -0.4 is 10.7 Å². The number of likely N-dealkylation sites (tertiary alicyclic amines) is 1. The van der Waals surface area contributed by atoms with Crippen molar-refractivity contribution in [2.45, 2.75) is 25.5 Å². The van der Waals surface area contributed by atoms with Crippen LogP contribution in [0.5, 0.6) is 0 Å². The molecule has 1 aliphatic heterocycles. The van der Waals surface area contributed by atoms with Crippen LogP contribution in [-0.2, 0) is 0 Å². The van der Waals surface area contributed by atoms with Crippen LogP contribution in [0.4, 0.5) is 5.95 Å². The number of carbonyl (C=O) groups is 1. The first kappa shape index (κ1) is 16.1. The second-order valence-electron chi connectivity index (χ2n) is 5.70. The van der Waals surface area contributed by atoms with Crippen LogP contribution in [-0.4, -0.2) is 51.1 Å². The molecule has 2 aromatic heterocycles. The SMILES string of the molecule is Cc1cc(=O)cc(C(=O)N2CC[C@@H](Nc3ncccn3)[C@H](O)C2)o1.